The zero-order valence-electron chi connectivity index (χ0n) is 17.9. The molecule has 0 radical (unpaired) electrons. The molecule has 0 aliphatic heterocycles. The van der Waals surface area contributed by atoms with Crippen LogP contribution in [-0.2, 0) is 19.4 Å². The van der Waals surface area contributed by atoms with E-state index in [0.29, 0.717) is 0 Å². The summed E-state index contributed by atoms with van der Waals surface area (Å²) in [4.78, 5) is 4.88. The monoisotopic (exact) mass is 496 g/mol. The minimum atomic E-state index is -1.86. The van der Waals surface area contributed by atoms with E-state index in [9.17, 15) is 5.11 Å². The van der Waals surface area contributed by atoms with Crippen molar-refractivity contribution in [2.75, 3.05) is 12.3 Å². The molecule has 0 aliphatic rings. The van der Waals surface area contributed by atoms with Crippen LogP contribution in [0.3, 0.4) is 0 Å². The topological polar surface area (TPSA) is 38.0 Å². The zero-order valence-corrected chi connectivity index (χ0v) is 20.5. The van der Waals surface area contributed by atoms with Crippen molar-refractivity contribution in [1.82, 2.24) is 9.55 Å². The van der Waals surface area contributed by atoms with Crippen LogP contribution in [0.4, 0.5) is 0 Å². The van der Waals surface area contributed by atoms with Gasteiger partial charge in [-0.3, -0.25) is 0 Å². The predicted octanol–water partition coefficient (Wildman–Crippen LogP) is 5.63. The van der Waals surface area contributed by atoms with E-state index in [1.165, 1.54) is 11.1 Å². The standard InChI is InChI=1S/C26H29N2OPSe/c1-2-28-24-16-10-9-15-23(24)27-25(28)26(29)30(31,19-17-21-11-5-3-6-12-21)20-18-22-13-7-4-8-14-22/h3-16,26,29H,2,17-20H2,1H3. The Kier molecular flexibility index (Phi) is 7.25. The van der Waals surface area contributed by atoms with Gasteiger partial charge in [-0.1, -0.05) is 0 Å². The van der Waals surface area contributed by atoms with Crippen molar-refractivity contribution in [3.05, 3.63) is 102 Å². The molecule has 1 heterocycles. The first-order chi connectivity index (χ1) is 15.1. The summed E-state index contributed by atoms with van der Waals surface area (Å²) in [6, 6.07) is 29.3. The third kappa shape index (κ3) is 5.10. The first-order valence-corrected chi connectivity index (χ1v) is 15.3. The van der Waals surface area contributed by atoms with Gasteiger partial charge in [0.2, 0.25) is 0 Å². The van der Waals surface area contributed by atoms with Gasteiger partial charge in [-0.15, -0.1) is 0 Å². The normalized spacial score (nSPS) is 12.8. The number of aliphatic hydroxyl groups is 1. The van der Waals surface area contributed by atoms with Crippen molar-refractivity contribution in [3.63, 3.8) is 0 Å². The molecule has 3 aromatic carbocycles. The fourth-order valence-electron chi connectivity index (χ4n) is 4.12. The third-order valence-electron chi connectivity index (χ3n) is 5.92. The third-order valence-corrected chi connectivity index (χ3v) is 12.6. The van der Waals surface area contributed by atoms with E-state index in [4.69, 9.17) is 4.98 Å². The second kappa shape index (κ2) is 10.1. The van der Waals surface area contributed by atoms with E-state index in [0.717, 1.165) is 48.6 Å². The van der Waals surface area contributed by atoms with E-state index >= 15 is 0 Å². The number of imidazole rings is 1. The number of rotatable bonds is 9. The molecule has 0 bridgehead atoms. The molecule has 0 aliphatic carbocycles. The van der Waals surface area contributed by atoms with Crippen LogP contribution in [0.15, 0.2) is 84.9 Å². The number of aliphatic hydroxyl groups excluding tert-OH is 1. The second-order valence-electron chi connectivity index (χ2n) is 7.95. The summed E-state index contributed by atoms with van der Waals surface area (Å²) in [6.45, 7) is 2.92. The molecule has 4 rings (SSSR count). The minimum absolute atomic E-state index is 0.577. The maximum atomic E-state index is 11.7. The van der Waals surface area contributed by atoms with Crippen LogP contribution in [-0.4, -0.2) is 42.1 Å². The number of nitrogens with zero attached hydrogens (tertiary/aromatic N) is 2. The average molecular weight is 495 g/mol. The Labute approximate surface area is 192 Å². The summed E-state index contributed by atoms with van der Waals surface area (Å²) in [5.41, 5.74) is 2.82. The SMILES string of the molecule is CCn1c(C(O)P(=[Se])(CCc2ccccc2)CCc2ccccc2)nc2ccccc21. The molecule has 0 fully saturated rings. The van der Waals surface area contributed by atoms with Gasteiger partial charge >= 0.3 is 193 Å². The van der Waals surface area contributed by atoms with Crippen LogP contribution in [0.1, 0.15) is 29.7 Å². The van der Waals surface area contributed by atoms with Crippen LogP contribution in [0.2, 0.25) is 0 Å². The number of benzene rings is 3. The molecule has 0 spiro atoms. The summed E-state index contributed by atoms with van der Waals surface area (Å²) in [5, 5.41) is 11.7. The Morgan fingerprint density at radius 1 is 0.839 bits per heavy atom. The van der Waals surface area contributed by atoms with Crippen molar-refractivity contribution in [1.29, 1.82) is 0 Å². The van der Waals surface area contributed by atoms with Gasteiger partial charge < -0.3 is 0 Å². The van der Waals surface area contributed by atoms with E-state index in [1.807, 2.05) is 18.2 Å². The van der Waals surface area contributed by atoms with Gasteiger partial charge in [0.15, 0.2) is 0 Å². The molecule has 1 unspecified atom stereocenters. The van der Waals surface area contributed by atoms with Crippen LogP contribution < -0.4 is 0 Å². The molecule has 0 amide bonds. The Hall–Kier alpha value is -1.96. The van der Waals surface area contributed by atoms with Gasteiger partial charge in [-0.05, 0) is 0 Å². The molecule has 160 valence electrons. The number of hydrogen-bond donors (Lipinski definition) is 1. The Morgan fingerprint density at radius 3 is 1.90 bits per heavy atom. The summed E-state index contributed by atoms with van der Waals surface area (Å²) < 4.78 is 2.18. The van der Waals surface area contributed by atoms with E-state index in [2.05, 4.69) is 93.3 Å². The molecule has 4 aromatic rings. The quantitative estimate of drug-likeness (QED) is 0.241. The fraction of sp³-hybridized carbons (Fsp3) is 0.269. The molecular formula is C26H29N2OPSe. The average Bonchev–Trinajstić information content (AvgIpc) is 3.21. The molecule has 1 atom stereocenters. The van der Waals surface area contributed by atoms with Gasteiger partial charge in [0.05, 0.1) is 0 Å². The van der Waals surface area contributed by atoms with E-state index in [-0.39, 0.29) is 0 Å². The molecular weight excluding hydrogens is 466 g/mol. The molecule has 1 aromatic heterocycles. The second-order valence-corrected chi connectivity index (χ2v) is 15.8. The van der Waals surface area contributed by atoms with Gasteiger partial charge in [-0.2, -0.15) is 0 Å². The van der Waals surface area contributed by atoms with Crippen molar-refractivity contribution in [2.45, 2.75) is 32.2 Å². The first kappa shape index (κ1) is 22.2. The number of hydrogen-bond acceptors (Lipinski definition) is 2. The Morgan fingerprint density at radius 2 is 1.35 bits per heavy atom. The predicted molar refractivity (Wildman–Crippen MR) is 133 cm³/mol. The molecule has 3 nitrogen and oxygen atoms in total. The van der Waals surface area contributed by atoms with Gasteiger partial charge in [-0.25, -0.2) is 0 Å². The number of fused-ring (bicyclic) bond motifs is 1. The van der Waals surface area contributed by atoms with Crippen LogP contribution in [0, 0.1) is 0 Å². The van der Waals surface area contributed by atoms with E-state index < -0.39 is 11.4 Å². The molecule has 0 saturated heterocycles. The van der Waals surface area contributed by atoms with Crippen molar-refractivity contribution in [2.24, 2.45) is 0 Å². The molecule has 0 saturated carbocycles. The Bertz CT molecular complexity index is 1130. The summed E-state index contributed by atoms with van der Waals surface area (Å²) >= 11 is 3.53. The van der Waals surface area contributed by atoms with Crippen LogP contribution >= 0.6 is 5.51 Å². The number of aryl methyl sites for hydroxylation is 3. The summed E-state index contributed by atoms with van der Waals surface area (Å²) in [6.07, 6.45) is 3.83. The van der Waals surface area contributed by atoms with Gasteiger partial charge in [0, 0.05) is 0 Å². The number of aromatic nitrogens is 2. The summed E-state index contributed by atoms with van der Waals surface area (Å²) in [5.74, 6) is 0.226. The zero-order chi connectivity index (χ0) is 21.7. The van der Waals surface area contributed by atoms with Gasteiger partial charge in [0.1, 0.15) is 0 Å². The van der Waals surface area contributed by atoms with Crippen molar-refractivity contribution < 1.29 is 5.11 Å². The molecule has 31 heavy (non-hydrogen) atoms. The van der Waals surface area contributed by atoms with Crippen LogP contribution in [0.25, 0.3) is 11.0 Å². The summed E-state index contributed by atoms with van der Waals surface area (Å²) in [7, 11) is 0. The van der Waals surface area contributed by atoms with Gasteiger partial charge in [0.25, 0.3) is 0 Å². The van der Waals surface area contributed by atoms with E-state index in [1.54, 1.807) is 0 Å². The number of para-hydroxylation sites is 2. The van der Waals surface area contributed by atoms with Crippen LogP contribution in [0.5, 0.6) is 0 Å². The Balaban J connectivity index is 1.66. The molecule has 5 heteroatoms. The molecule has 1 N–H and O–H groups in total. The van der Waals surface area contributed by atoms with Crippen molar-refractivity contribution in [3.8, 4) is 0 Å². The fourth-order valence-corrected chi connectivity index (χ4v) is 8.46. The first-order valence-electron chi connectivity index (χ1n) is 10.9. The van der Waals surface area contributed by atoms with Crippen molar-refractivity contribution >= 4 is 31.6 Å². The maximum absolute atomic E-state index is 11.7.